The van der Waals surface area contributed by atoms with Gasteiger partial charge < -0.3 is 5.32 Å². The first-order valence-corrected chi connectivity index (χ1v) is 9.35. The van der Waals surface area contributed by atoms with Crippen molar-refractivity contribution in [2.24, 2.45) is 0 Å². The minimum atomic E-state index is 0.265. The molecular weight excluding hydrogens is 314 g/mol. The van der Waals surface area contributed by atoms with Crippen LogP contribution in [0.1, 0.15) is 36.5 Å². The highest BCUT2D eigenvalue weighted by molar-refractivity contribution is 5.87. The Morgan fingerprint density at radius 3 is 2.38 bits per heavy atom. The van der Waals surface area contributed by atoms with Gasteiger partial charge in [0.15, 0.2) is 0 Å². The number of hydrogen-bond acceptors (Lipinski definition) is 1. The second kappa shape index (κ2) is 8.19. The zero-order valence-corrected chi connectivity index (χ0v) is 15.8. The molecule has 0 unspecified atom stereocenters. The highest BCUT2D eigenvalue weighted by Gasteiger charge is 2.43. The van der Waals surface area contributed by atoms with Crippen LogP contribution in [-0.4, -0.2) is 7.05 Å². The lowest BCUT2D eigenvalue weighted by Gasteiger charge is -2.17. The van der Waals surface area contributed by atoms with Crippen molar-refractivity contribution in [1.82, 2.24) is 5.32 Å². The van der Waals surface area contributed by atoms with Crippen LogP contribution >= 0.6 is 0 Å². The third kappa shape index (κ3) is 3.80. The van der Waals surface area contributed by atoms with E-state index < -0.39 is 0 Å². The number of aryl methyl sites for hydroxylation is 1. The Labute approximate surface area is 157 Å². The fourth-order valence-electron chi connectivity index (χ4n) is 3.53. The normalized spacial score (nSPS) is 14.1. The SMILES string of the molecule is C=C=Cc1ccccc1CC.CNC1(c2cccc3ccccc23)CC1. The predicted molar refractivity (Wildman–Crippen MR) is 113 cm³/mol. The highest BCUT2D eigenvalue weighted by atomic mass is 15.0. The van der Waals surface area contributed by atoms with Crippen LogP contribution in [0, 0.1) is 0 Å². The van der Waals surface area contributed by atoms with Gasteiger partial charge in [-0.15, -0.1) is 5.73 Å². The molecule has 132 valence electrons. The molecule has 1 aliphatic rings. The maximum atomic E-state index is 3.55. The third-order valence-electron chi connectivity index (χ3n) is 5.23. The zero-order valence-electron chi connectivity index (χ0n) is 15.8. The van der Waals surface area contributed by atoms with Crippen LogP contribution in [0.5, 0.6) is 0 Å². The summed E-state index contributed by atoms with van der Waals surface area (Å²) in [6.07, 6.45) is 5.50. The molecule has 26 heavy (non-hydrogen) atoms. The van der Waals surface area contributed by atoms with E-state index in [0.717, 1.165) is 6.42 Å². The van der Waals surface area contributed by atoms with E-state index in [9.17, 15) is 0 Å². The molecule has 0 saturated heterocycles. The molecular formula is C25H27N. The first kappa shape index (κ1) is 18.2. The lowest BCUT2D eigenvalue weighted by Crippen LogP contribution is -2.24. The highest BCUT2D eigenvalue weighted by Crippen LogP contribution is 2.47. The molecule has 0 spiro atoms. The summed E-state index contributed by atoms with van der Waals surface area (Å²) in [7, 11) is 2.06. The second-order valence-corrected chi connectivity index (χ2v) is 6.76. The molecule has 4 rings (SSSR count). The van der Waals surface area contributed by atoms with Gasteiger partial charge in [-0.1, -0.05) is 80.2 Å². The first-order valence-electron chi connectivity index (χ1n) is 9.35. The molecule has 1 fully saturated rings. The molecule has 1 saturated carbocycles. The average molecular weight is 341 g/mol. The number of benzene rings is 3. The van der Waals surface area contributed by atoms with Gasteiger partial charge >= 0.3 is 0 Å². The van der Waals surface area contributed by atoms with E-state index in [1.165, 1.54) is 40.3 Å². The lowest BCUT2D eigenvalue weighted by atomic mass is 9.97. The molecule has 1 nitrogen and oxygen atoms in total. The molecule has 0 radical (unpaired) electrons. The van der Waals surface area contributed by atoms with Gasteiger partial charge in [-0.2, -0.15) is 0 Å². The van der Waals surface area contributed by atoms with Gasteiger partial charge in [0.05, 0.1) is 0 Å². The predicted octanol–water partition coefficient (Wildman–Crippen LogP) is 6.10. The summed E-state index contributed by atoms with van der Waals surface area (Å²) in [6.45, 7) is 5.70. The first-order chi connectivity index (χ1) is 12.7. The third-order valence-corrected chi connectivity index (χ3v) is 5.23. The van der Waals surface area contributed by atoms with Crippen molar-refractivity contribution in [3.8, 4) is 0 Å². The van der Waals surface area contributed by atoms with E-state index in [0.29, 0.717) is 0 Å². The zero-order chi connectivity index (χ0) is 18.4. The molecule has 1 aliphatic carbocycles. The van der Waals surface area contributed by atoms with Crippen LogP contribution in [-0.2, 0) is 12.0 Å². The quantitative estimate of drug-likeness (QED) is 0.566. The van der Waals surface area contributed by atoms with Crippen LogP contribution in [0.25, 0.3) is 16.8 Å². The second-order valence-electron chi connectivity index (χ2n) is 6.76. The Morgan fingerprint density at radius 2 is 1.69 bits per heavy atom. The summed E-state index contributed by atoms with van der Waals surface area (Å²) < 4.78 is 0. The van der Waals surface area contributed by atoms with E-state index >= 15 is 0 Å². The molecule has 0 bridgehead atoms. The summed E-state index contributed by atoms with van der Waals surface area (Å²) in [4.78, 5) is 0. The van der Waals surface area contributed by atoms with Crippen molar-refractivity contribution in [1.29, 1.82) is 0 Å². The van der Waals surface area contributed by atoms with Gasteiger partial charge in [-0.05, 0) is 59.8 Å². The van der Waals surface area contributed by atoms with Crippen LogP contribution in [0.4, 0.5) is 0 Å². The van der Waals surface area contributed by atoms with E-state index in [1.54, 1.807) is 0 Å². The molecule has 0 aliphatic heterocycles. The topological polar surface area (TPSA) is 12.0 Å². The van der Waals surface area contributed by atoms with Gasteiger partial charge in [-0.3, -0.25) is 0 Å². The van der Waals surface area contributed by atoms with E-state index in [2.05, 4.69) is 92.3 Å². The van der Waals surface area contributed by atoms with E-state index in [4.69, 9.17) is 0 Å². The minimum absolute atomic E-state index is 0.265. The van der Waals surface area contributed by atoms with Gasteiger partial charge in [0.1, 0.15) is 0 Å². The Balaban J connectivity index is 0.000000160. The number of hydrogen-bond donors (Lipinski definition) is 1. The Kier molecular flexibility index (Phi) is 5.73. The smallest absolute Gasteiger partial charge is 0.0440 e. The van der Waals surface area contributed by atoms with E-state index in [-0.39, 0.29) is 5.54 Å². The maximum Gasteiger partial charge on any atom is 0.0440 e. The molecule has 0 atom stereocenters. The summed E-state index contributed by atoms with van der Waals surface area (Å²) in [5, 5.41) is 6.20. The molecule has 3 aromatic carbocycles. The van der Waals surface area contributed by atoms with Crippen molar-refractivity contribution in [3.63, 3.8) is 0 Å². The van der Waals surface area contributed by atoms with Crippen LogP contribution in [0.3, 0.4) is 0 Å². The van der Waals surface area contributed by atoms with Crippen molar-refractivity contribution < 1.29 is 0 Å². The molecule has 1 N–H and O–H groups in total. The number of rotatable bonds is 4. The fourth-order valence-corrected chi connectivity index (χ4v) is 3.53. The van der Waals surface area contributed by atoms with Gasteiger partial charge in [0.25, 0.3) is 0 Å². The summed E-state index contributed by atoms with van der Waals surface area (Å²) >= 11 is 0. The van der Waals surface area contributed by atoms with Crippen molar-refractivity contribution in [2.45, 2.75) is 31.7 Å². The van der Waals surface area contributed by atoms with Crippen LogP contribution in [0.15, 0.2) is 79.0 Å². The Bertz CT molecular complexity index is 922. The van der Waals surface area contributed by atoms with E-state index in [1.807, 2.05) is 12.1 Å². The molecule has 0 heterocycles. The van der Waals surface area contributed by atoms with Gasteiger partial charge in [0.2, 0.25) is 0 Å². The molecule has 0 aromatic heterocycles. The van der Waals surface area contributed by atoms with Crippen LogP contribution in [0.2, 0.25) is 0 Å². The Hall–Kier alpha value is -2.60. The molecule has 3 aromatic rings. The maximum absolute atomic E-state index is 3.55. The molecule has 1 heteroatoms. The average Bonchev–Trinajstić information content (AvgIpc) is 3.50. The van der Waals surface area contributed by atoms with Gasteiger partial charge in [0, 0.05) is 5.54 Å². The van der Waals surface area contributed by atoms with Crippen molar-refractivity contribution in [3.05, 3.63) is 95.7 Å². The monoisotopic (exact) mass is 341 g/mol. The fraction of sp³-hybridized carbons (Fsp3) is 0.240. The van der Waals surface area contributed by atoms with Crippen molar-refractivity contribution >= 4 is 16.8 Å². The summed E-state index contributed by atoms with van der Waals surface area (Å²) in [5.41, 5.74) is 7.09. The Morgan fingerprint density at radius 1 is 1.00 bits per heavy atom. The molecule has 0 amide bonds. The number of nitrogens with one attached hydrogen (secondary N) is 1. The summed E-state index contributed by atoms with van der Waals surface area (Å²) in [5.74, 6) is 0. The number of fused-ring (bicyclic) bond motifs is 1. The van der Waals surface area contributed by atoms with Gasteiger partial charge in [-0.25, -0.2) is 0 Å². The van der Waals surface area contributed by atoms with Crippen LogP contribution < -0.4 is 5.32 Å². The standard InChI is InChI=1S/C14H15N.C11H12/c1-15-14(9-10-14)13-8-4-6-11-5-2-3-7-12(11)13;1-3-7-11-9-6-5-8-10(11)4-2/h2-8,15H,9-10H2,1H3;5-9H,1,4H2,2H3. The minimum Gasteiger partial charge on any atom is -0.310 e. The lowest BCUT2D eigenvalue weighted by molar-refractivity contribution is 0.590. The van der Waals surface area contributed by atoms with Crippen molar-refractivity contribution in [2.75, 3.05) is 7.05 Å². The summed E-state index contributed by atoms with van der Waals surface area (Å²) in [6, 6.07) is 23.5. The largest absolute Gasteiger partial charge is 0.310 e.